The Morgan fingerprint density at radius 3 is 2.72 bits per heavy atom. The van der Waals surface area contributed by atoms with Crippen molar-refractivity contribution in [1.82, 2.24) is 20.2 Å². The van der Waals surface area contributed by atoms with Crippen molar-refractivity contribution in [2.75, 3.05) is 18.5 Å². The molecule has 8 nitrogen and oxygen atoms in total. The molecule has 0 atom stereocenters. The second kappa shape index (κ2) is 7.36. The molecule has 0 unspecified atom stereocenters. The lowest BCUT2D eigenvalue weighted by atomic mass is 10.1. The third-order valence-electron chi connectivity index (χ3n) is 4.85. The van der Waals surface area contributed by atoms with Crippen molar-refractivity contribution in [3.63, 3.8) is 0 Å². The van der Waals surface area contributed by atoms with E-state index in [2.05, 4.69) is 20.8 Å². The van der Waals surface area contributed by atoms with Gasteiger partial charge >= 0.3 is 0 Å². The summed E-state index contributed by atoms with van der Waals surface area (Å²) in [6.07, 6.45) is 2.97. The fourth-order valence-corrected chi connectivity index (χ4v) is 3.48. The van der Waals surface area contributed by atoms with Crippen LogP contribution in [0.4, 0.5) is 5.69 Å². The van der Waals surface area contributed by atoms with E-state index in [9.17, 15) is 4.79 Å². The number of nitrogens with one attached hydrogen (secondary N) is 1. The molecule has 3 aromatic rings. The van der Waals surface area contributed by atoms with Crippen LogP contribution >= 0.6 is 11.6 Å². The maximum absolute atomic E-state index is 12.7. The van der Waals surface area contributed by atoms with E-state index in [1.54, 1.807) is 12.1 Å². The number of hydrogen-bond acceptors (Lipinski definition) is 6. The highest BCUT2D eigenvalue weighted by atomic mass is 35.5. The van der Waals surface area contributed by atoms with Gasteiger partial charge in [-0.3, -0.25) is 4.79 Å². The quantitative estimate of drug-likeness (QED) is 0.703. The largest absolute Gasteiger partial charge is 0.489 e. The molecule has 0 spiro atoms. The molecule has 0 radical (unpaired) electrons. The van der Waals surface area contributed by atoms with Crippen molar-refractivity contribution in [2.45, 2.75) is 25.3 Å². The first-order valence-corrected chi connectivity index (χ1v) is 9.85. The summed E-state index contributed by atoms with van der Waals surface area (Å²) in [4.78, 5) is 12.7. The zero-order valence-electron chi connectivity index (χ0n) is 15.5. The van der Waals surface area contributed by atoms with Crippen molar-refractivity contribution in [1.29, 1.82) is 0 Å². The lowest BCUT2D eigenvalue weighted by Crippen LogP contribution is -2.12. The minimum Gasteiger partial charge on any atom is -0.489 e. The summed E-state index contributed by atoms with van der Waals surface area (Å²) < 4.78 is 13.1. The molecule has 1 aliphatic carbocycles. The number of nitrogens with zero attached hydrogens (tertiary/aromatic N) is 4. The highest BCUT2D eigenvalue weighted by molar-refractivity contribution is 6.32. The van der Waals surface area contributed by atoms with Crippen LogP contribution < -0.4 is 14.8 Å². The van der Waals surface area contributed by atoms with Gasteiger partial charge in [0.15, 0.2) is 17.3 Å². The summed E-state index contributed by atoms with van der Waals surface area (Å²) in [6, 6.07) is 11.1. The maximum Gasteiger partial charge on any atom is 0.255 e. The standard InChI is InChI=1S/C20H18ClN5O3/c21-16-10-13(11-17-18(16)29-9-1-8-28-17)20(27)22-14-4-2-12(3-5-14)19-23-24-25-26(19)15-6-7-15/h2-5,10-11,15H,1,6-9H2,(H,22,27). The van der Waals surface area contributed by atoms with Crippen molar-refractivity contribution < 1.29 is 14.3 Å². The number of halogens is 1. The van der Waals surface area contributed by atoms with E-state index < -0.39 is 0 Å². The summed E-state index contributed by atoms with van der Waals surface area (Å²) in [5.74, 6) is 1.43. The van der Waals surface area contributed by atoms with E-state index in [0.717, 1.165) is 30.7 Å². The average molecular weight is 412 g/mol. The van der Waals surface area contributed by atoms with Gasteiger partial charge in [-0.1, -0.05) is 11.6 Å². The Kier molecular flexibility index (Phi) is 4.55. The third kappa shape index (κ3) is 3.63. The fraction of sp³-hybridized carbons (Fsp3) is 0.300. The zero-order chi connectivity index (χ0) is 19.8. The zero-order valence-corrected chi connectivity index (χ0v) is 16.2. The molecular formula is C20H18ClN5O3. The Morgan fingerprint density at radius 2 is 1.93 bits per heavy atom. The molecule has 1 N–H and O–H groups in total. The highest BCUT2D eigenvalue weighted by Crippen LogP contribution is 2.38. The van der Waals surface area contributed by atoms with Crippen LogP contribution in [-0.2, 0) is 0 Å². The first-order valence-electron chi connectivity index (χ1n) is 9.48. The number of carbonyl (C=O) groups excluding carboxylic acids is 1. The number of aromatic nitrogens is 4. The number of fused-ring (bicyclic) bond motifs is 1. The molecule has 9 heteroatoms. The number of hydrogen-bond donors (Lipinski definition) is 1. The van der Waals surface area contributed by atoms with Crippen LogP contribution in [0.2, 0.25) is 5.02 Å². The topological polar surface area (TPSA) is 91.2 Å². The lowest BCUT2D eigenvalue weighted by Gasteiger charge is -2.12. The summed E-state index contributed by atoms with van der Waals surface area (Å²) in [7, 11) is 0. The second-order valence-electron chi connectivity index (χ2n) is 7.05. The van der Waals surface area contributed by atoms with Gasteiger partial charge < -0.3 is 14.8 Å². The molecule has 1 amide bonds. The minimum atomic E-state index is -0.280. The van der Waals surface area contributed by atoms with Gasteiger partial charge in [-0.25, -0.2) is 4.68 Å². The van der Waals surface area contributed by atoms with Crippen LogP contribution in [0.5, 0.6) is 11.5 Å². The number of tetrazole rings is 1. The molecule has 2 aromatic carbocycles. The Balaban J connectivity index is 1.34. The molecule has 1 fully saturated rings. The van der Waals surface area contributed by atoms with Crippen LogP contribution in [-0.4, -0.2) is 39.3 Å². The Labute approximate surface area is 171 Å². The number of rotatable bonds is 4. The Hall–Kier alpha value is -3.13. The van der Waals surface area contributed by atoms with E-state index in [-0.39, 0.29) is 5.91 Å². The molecule has 0 bridgehead atoms. The Bertz CT molecular complexity index is 1060. The van der Waals surface area contributed by atoms with E-state index >= 15 is 0 Å². The first kappa shape index (κ1) is 17.9. The first-order chi connectivity index (χ1) is 14.2. The van der Waals surface area contributed by atoms with Crippen molar-refractivity contribution in [3.8, 4) is 22.9 Å². The van der Waals surface area contributed by atoms with E-state index in [4.69, 9.17) is 21.1 Å². The summed E-state index contributed by atoms with van der Waals surface area (Å²) in [5, 5.41) is 15.2. The summed E-state index contributed by atoms with van der Waals surface area (Å²) in [5.41, 5.74) is 1.96. The lowest BCUT2D eigenvalue weighted by molar-refractivity contribution is 0.102. The van der Waals surface area contributed by atoms with Gasteiger partial charge in [-0.15, -0.1) is 5.10 Å². The molecule has 29 heavy (non-hydrogen) atoms. The van der Waals surface area contributed by atoms with Gasteiger partial charge in [-0.2, -0.15) is 0 Å². The normalized spacial score (nSPS) is 15.6. The monoisotopic (exact) mass is 411 g/mol. The second-order valence-corrected chi connectivity index (χ2v) is 7.45. The van der Waals surface area contributed by atoms with Crippen LogP contribution in [0.3, 0.4) is 0 Å². The van der Waals surface area contributed by atoms with Gasteiger partial charge in [0.2, 0.25) is 0 Å². The molecule has 2 aliphatic rings. The summed E-state index contributed by atoms with van der Waals surface area (Å²) >= 11 is 6.28. The van der Waals surface area contributed by atoms with Crippen LogP contribution in [0, 0.1) is 0 Å². The molecule has 148 valence electrons. The minimum absolute atomic E-state index is 0.280. The maximum atomic E-state index is 12.7. The van der Waals surface area contributed by atoms with Crippen molar-refractivity contribution in [2.24, 2.45) is 0 Å². The molecular weight excluding hydrogens is 394 g/mol. The number of benzene rings is 2. The molecule has 1 aliphatic heterocycles. The number of ether oxygens (including phenoxy) is 2. The van der Waals surface area contributed by atoms with Gasteiger partial charge in [0.25, 0.3) is 5.91 Å². The molecule has 1 aromatic heterocycles. The molecule has 0 saturated heterocycles. The van der Waals surface area contributed by atoms with Gasteiger partial charge in [0.1, 0.15) is 0 Å². The number of anilines is 1. The molecule has 5 rings (SSSR count). The Morgan fingerprint density at radius 1 is 1.14 bits per heavy atom. The summed E-state index contributed by atoms with van der Waals surface area (Å²) in [6.45, 7) is 1.06. The van der Waals surface area contributed by atoms with E-state index in [1.807, 2.05) is 28.9 Å². The number of amides is 1. The third-order valence-corrected chi connectivity index (χ3v) is 5.13. The van der Waals surface area contributed by atoms with Crippen molar-refractivity contribution >= 4 is 23.2 Å². The van der Waals surface area contributed by atoms with Gasteiger partial charge in [-0.05, 0) is 59.7 Å². The van der Waals surface area contributed by atoms with Gasteiger partial charge in [0, 0.05) is 23.2 Å². The van der Waals surface area contributed by atoms with Crippen molar-refractivity contribution in [3.05, 3.63) is 47.0 Å². The van der Waals surface area contributed by atoms with E-state index in [1.165, 1.54) is 0 Å². The van der Waals surface area contributed by atoms with E-state index in [0.29, 0.717) is 47.0 Å². The number of carbonyl (C=O) groups is 1. The van der Waals surface area contributed by atoms with Crippen LogP contribution in [0.25, 0.3) is 11.4 Å². The SMILES string of the molecule is O=C(Nc1ccc(-c2nnnn2C2CC2)cc1)c1cc(Cl)c2c(c1)OCCCO2. The van der Waals surface area contributed by atoms with Gasteiger partial charge in [0.05, 0.1) is 24.3 Å². The predicted octanol–water partition coefficient (Wildman–Crippen LogP) is 3.74. The van der Waals surface area contributed by atoms with Crippen LogP contribution in [0.1, 0.15) is 35.7 Å². The smallest absolute Gasteiger partial charge is 0.255 e. The fourth-order valence-electron chi connectivity index (χ4n) is 3.22. The van der Waals surface area contributed by atoms with Crippen LogP contribution in [0.15, 0.2) is 36.4 Å². The molecule has 1 saturated carbocycles. The average Bonchev–Trinajstić information content (AvgIpc) is 3.50. The predicted molar refractivity (Wildman–Crippen MR) is 107 cm³/mol. The molecule has 2 heterocycles. The highest BCUT2D eigenvalue weighted by Gasteiger charge is 2.28.